The summed E-state index contributed by atoms with van der Waals surface area (Å²) in [6.07, 6.45) is 3.87. The van der Waals surface area contributed by atoms with E-state index in [1.807, 2.05) is 51.1 Å². The van der Waals surface area contributed by atoms with Gasteiger partial charge in [-0.15, -0.1) is 0 Å². The molecule has 4 rings (SSSR count). The third-order valence-corrected chi connectivity index (χ3v) is 10.6. The van der Waals surface area contributed by atoms with Crippen LogP contribution in [-0.2, 0) is 31.5 Å². The summed E-state index contributed by atoms with van der Waals surface area (Å²) in [6, 6.07) is 14.0. The summed E-state index contributed by atoms with van der Waals surface area (Å²) in [4.78, 5) is 13.5. The maximum Gasteiger partial charge on any atom is 0.231 e. The van der Waals surface area contributed by atoms with E-state index in [9.17, 15) is 13.2 Å². The molecule has 2 atom stereocenters. The second-order valence-electron chi connectivity index (χ2n) is 10.4. The number of benzene rings is 2. The van der Waals surface area contributed by atoms with Crippen LogP contribution in [0.5, 0.6) is 0 Å². The van der Waals surface area contributed by atoms with Crippen molar-refractivity contribution < 1.29 is 22.3 Å². The number of hydrogen-bond acceptors (Lipinski definition) is 4. The van der Waals surface area contributed by atoms with Gasteiger partial charge in [0.15, 0.2) is 0 Å². The Morgan fingerprint density at radius 1 is 1.11 bits per heavy atom. The summed E-state index contributed by atoms with van der Waals surface area (Å²) in [5.74, 6) is -0.572. The number of hydrogen-bond donors (Lipinski definition) is 1. The van der Waals surface area contributed by atoms with Gasteiger partial charge in [0.25, 0.3) is 0 Å². The Hall–Kier alpha value is -2.29. The topological polar surface area (TPSA) is 75.7 Å². The third kappa shape index (κ3) is 5.61. The molecule has 0 spiro atoms. The van der Waals surface area contributed by atoms with Gasteiger partial charge in [0, 0.05) is 37.4 Å². The molecule has 2 aromatic carbocycles. The van der Waals surface area contributed by atoms with Crippen LogP contribution in [0, 0.1) is 5.82 Å². The highest BCUT2D eigenvalue weighted by Gasteiger charge is 2.43. The first-order valence-electron chi connectivity index (χ1n) is 13.5. The SMILES string of the molecule is CCC(CC)NC(=O)C1(c2ccc(CN3[C@@H](C)CC[C@H](c4ccccc4)S3(=O)=O)c(F)c2)CCOCC1. The number of carbonyl (C=O) groups is 1. The molecule has 2 fully saturated rings. The summed E-state index contributed by atoms with van der Waals surface area (Å²) in [7, 11) is -3.67. The molecule has 1 amide bonds. The monoisotopic (exact) mass is 530 g/mol. The lowest BCUT2D eigenvalue weighted by Gasteiger charge is -2.38. The van der Waals surface area contributed by atoms with Gasteiger partial charge in [0.2, 0.25) is 15.9 Å². The van der Waals surface area contributed by atoms with Gasteiger partial charge in [-0.3, -0.25) is 4.79 Å². The smallest absolute Gasteiger partial charge is 0.231 e. The van der Waals surface area contributed by atoms with Crippen LogP contribution < -0.4 is 5.32 Å². The predicted octanol–water partition coefficient (Wildman–Crippen LogP) is 5.23. The molecule has 2 aromatic rings. The average molecular weight is 531 g/mol. The number of carbonyl (C=O) groups excluding carboxylic acids is 1. The van der Waals surface area contributed by atoms with Gasteiger partial charge in [-0.05, 0) is 62.6 Å². The van der Waals surface area contributed by atoms with Gasteiger partial charge in [0.1, 0.15) is 11.1 Å². The highest BCUT2D eigenvalue weighted by Crippen LogP contribution is 2.39. The number of sulfonamides is 1. The summed E-state index contributed by atoms with van der Waals surface area (Å²) >= 11 is 0. The fourth-order valence-electron chi connectivity index (χ4n) is 5.68. The molecule has 0 radical (unpaired) electrons. The lowest BCUT2D eigenvalue weighted by Crippen LogP contribution is -2.50. The predicted molar refractivity (Wildman–Crippen MR) is 143 cm³/mol. The Bertz CT molecular complexity index is 1180. The fourth-order valence-corrected chi connectivity index (χ4v) is 7.86. The lowest BCUT2D eigenvalue weighted by atomic mass is 9.73. The van der Waals surface area contributed by atoms with E-state index in [1.165, 1.54) is 10.4 Å². The quantitative estimate of drug-likeness (QED) is 0.507. The maximum absolute atomic E-state index is 15.6. The Balaban J connectivity index is 1.61. The van der Waals surface area contributed by atoms with Crippen LogP contribution in [0.2, 0.25) is 0 Å². The first-order chi connectivity index (χ1) is 17.7. The minimum absolute atomic E-state index is 0.0327. The van der Waals surface area contributed by atoms with Gasteiger partial charge >= 0.3 is 0 Å². The van der Waals surface area contributed by atoms with Crippen LogP contribution in [0.1, 0.15) is 81.2 Å². The van der Waals surface area contributed by atoms with Crippen molar-refractivity contribution >= 4 is 15.9 Å². The molecule has 0 aromatic heterocycles. The minimum Gasteiger partial charge on any atom is -0.381 e. The van der Waals surface area contributed by atoms with E-state index in [4.69, 9.17) is 4.74 Å². The van der Waals surface area contributed by atoms with E-state index in [2.05, 4.69) is 5.32 Å². The largest absolute Gasteiger partial charge is 0.381 e. The molecule has 0 aliphatic carbocycles. The standard InChI is InChI=1S/C29H39FN2O4S/c1-4-25(5-2)31-28(33)29(15-17-36-18-16-29)24-13-12-23(26(30)19-24)20-32-21(3)11-14-27(37(32,34)35)22-9-7-6-8-10-22/h6-10,12-13,19,21,25,27H,4-5,11,14-18,20H2,1-3H3,(H,31,33)/t21-,27+/m0/s1. The molecule has 2 saturated heterocycles. The molecule has 2 aliphatic heterocycles. The van der Waals surface area contributed by atoms with Crippen LogP contribution in [-0.4, -0.2) is 43.9 Å². The maximum atomic E-state index is 15.6. The zero-order valence-corrected chi connectivity index (χ0v) is 22.9. The van der Waals surface area contributed by atoms with E-state index < -0.39 is 26.5 Å². The fraction of sp³-hybridized carbons (Fsp3) is 0.552. The molecule has 8 heteroatoms. The van der Waals surface area contributed by atoms with Gasteiger partial charge in [-0.25, -0.2) is 12.8 Å². The van der Waals surface area contributed by atoms with Crippen molar-refractivity contribution in [2.45, 2.75) is 88.6 Å². The highest BCUT2D eigenvalue weighted by atomic mass is 32.2. The second kappa shape index (κ2) is 11.6. The van der Waals surface area contributed by atoms with Crippen LogP contribution in [0.4, 0.5) is 4.39 Å². The van der Waals surface area contributed by atoms with Gasteiger partial charge in [-0.1, -0.05) is 56.3 Å². The Labute approximate surface area is 220 Å². The molecular weight excluding hydrogens is 491 g/mol. The van der Waals surface area contributed by atoms with Crippen molar-refractivity contribution in [1.82, 2.24) is 9.62 Å². The Morgan fingerprint density at radius 2 is 1.78 bits per heavy atom. The minimum atomic E-state index is -3.67. The van der Waals surface area contributed by atoms with E-state index in [0.717, 1.165) is 18.4 Å². The molecule has 0 bridgehead atoms. The zero-order chi connectivity index (χ0) is 26.6. The molecule has 202 valence electrons. The van der Waals surface area contributed by atoms with Crippen molar-refractivity contribution in [1.29, 1.82) is 0 Å². The van der Waals surface area contributed by atoms with Crippen molar-refractivity contribution in [3.8, 4) is 0 Å². The van der Waals surface area contributed by atoms with Gasteiger partial charge in [0.05, 0.1) is 5.41 Å². The Kier molecular flexibility index (Phi) is 8.71. The molecule has 0 saturated carbocycles. The molecule has 1 N–H and O–H groups in total. The normalized spacial score (nSPS) is 23.6. The molecule has 6 nitrogen and oxygen atoms in total. The molecule has 0 unspecified atom stereocenters. The van der Waals surface area contributed by atoms with Gasteiger partial charge in [-0.2, -0.15) is 4.31 Å². The molecule has 37 heavy (non-hydrogen) atoms. The summed E-state index contributed by atoms with van der Waals surface area (Å²) < 4.78 is 49.8. The summed E-state index contributed by atoms with van der Waals surface area (Å²) in [6.45, 7) is 6.79. The zero-order valence-electron chi connectivity index (χ0n) is 22.1. The number of ether oxygens (including phenoxy) is 1. The van der Waals surface area contributed by atoms with Crippen molar-refractivity contribution in [2.75, 3.05) is 13.2 Å². The van der Waals surface area contributed by atoms with Crippen LogP contribution in [0.3, 0.4) is 0 Å². The van der Waals surface area contributed by atoms with Gasteiger partial charge < -0.3 is 10.1 Å². The van der Waals surface area contributed by atoms with Crippen molar-refractivity contribution in [3.05, 3.63) is 71.0 Å². The van der Waals surface area contributed by atoms with E-state index in [-0.39, 0.29) is 24.5 Å². The first-order valence-corrected chi connectivity index (χ1v) is 15.0. The number of amides is 1. The third-order valence-electron chi connectivity index (χ3n) is 8.23. The van der Waals surface area contributed by atoms with Crippen LogP contribution >= 0.6 is 0 Å². The summed E-state index contributed by atoms with van der Waals surface area (Å²) in [5, 5.41) is 2.52. The molecule has 2 heterocycles. The van der Waals surface area contributed by atoms with E-state index >= 15 is 4.39 Å². The van der Waals surface area contributed by atoms with Crippen molar-refractivity contribution in [3.63, 3.8) is 0 Å². The number of nitrogens with one attached hydrogen (secondary N) is 1. The molecular formula is C29H39FN2O4S. The van der Waals surface area contributed by atoms with E-state index in [0.29, 0.717) is 50.0 Å². The molecule has 2 aliphatic rings. The number of rotatable bonds is 8. The number of nitrogens with zero attached hydrogens (tertiary/aromatic N) is 1. The lowest BCUT2D eigenvalue weighted by molar-refractivity contribution is -0.131. The average Bonchev–Trinajstić information content (AvgIpc) is 2.91. The second-order valence-corrected chi connectivity index (χ2v) is 12.5. The Morgan fingerprint density at radius 3 is 2.41 bits per heavy atom. The van der Waals surface area contributed by atoms with Crippen LogP contribution in [0.25, 0.3) is 0 Å². The summed E-state index contributed by atoms with van der Waals surface area (Å²) in [5.41, 5.74) is 0.844. The number of halogens is 1. The highest BCUT2D eigenvalue weighted by molar-refractivity contribution is 7.89. The van der Waals surface area contributed by atoms with Crippen LogP contribution in [0.15, 0.2) is 48.5 Å². The first kappa shape index (κ1) is 27.7. The van der Waals surface area contributed by atoms with Crippen molar-refractivity contribution in [2.24, 2.45) is 0 Å². The van der Waals surface area contributed by atoms with E-state index in [1.54, 1.807) is 12.1 Å².